The standard InChI is InChI=1S/C15H13NO3S2/c1-10-5-7-11(8-6-10)3-2-4-12-14(19)16(9-13(17)18)15(20)21-12/h2-8H,9H2,1H3,(H,17,18)/b3-2-,12-4+. The Kier molecular flexibility index (Phi) is 4.93. The molecule has 6 heteroatoms. The van der Waals surface area contributed by atoms with E-state index in [0.29, 0.717) is 4.91 Å². The Morgan fingerprint density at radius 1 is 1.38 bits per heavy atom. The van der Waals surface area contributed by atoms with E-state index in [1.165, 1.54) is 5.56 Å². The Morgan fingerprint density at radius 2 is 2.05 bits per heavy atom. The van der Waals surface area contributed by atoms with Gasteiger partial charge in [-0.25, -0.2) is 0 Å². The molecular weight excluding hydrogens is 306 g/mol. The van der Waals surface area contributed by atoms with Crippen LogP contribution < -0.4 is 0 Å². The van der Waals surface area contributed by atoms with Crippen LogP contribution in [0.4, 0.5) is 0 Å². The number of benzene rings is 1. The van der Waals surface area contributed by atoms with Gasteiger partial charge in [0, 0.05) is 0 Å². The van der Waals surface area contributed by atoms with Gasteiger partial charge >= 0.3 is 5.97 Å². The number of hydrogen-bond donors (Lipinski definition) is 1. The number of hydrogen-bond acceptors (Lipinski definition) is 4. The largest absolute Gasteiger partial charge is 0.480 e. The van der Waals surface area contributed by atoms with Crippen LogP contribution in [0, 0.1) is 6.92 Å². The van der Waals surface area contributed by atoms with E-state index in [2.05, 4.69) is 0 Å². The Morgan fingerprint density at radius 3 is 2.67 bits per heavy atom. The normalized spacial score (nSPS) is 17.2. The van der Waals surface area contributed by atoms with Crippen molar-refractivity contribution in [1.29, 1.82) is 0 Å². The lowest BCUT2D eigenvalue weighted by molar-refractivity contribution is -0.140. The molecule has 0 unspecified atom stereocenters. The van der Waals surface area contributed by atoms with E-state index in [4.69, 9.17) is 17.3 Å². The SMILES string of the molecule is Cc1ccc(/C=C\C=C2\SC(=S)N(CC(=O)O)C2=O)cc1. The minimum atomic E-state index is -1.08. The zero-order chi connectivity index (χ0) is 15.4. The summed E-state index contributed by atoms with van der Waals surface area (Å²) in [7, 11) is 0. The van der Waals surface area contributed by atoms with Crippen LogP contribution in [0.1, 0.15) is 11.1 Å². The molecule has 0 bridgehead atoms. The van der Waals surface area contributed by atoms with Crippen LogP contribution in [0.15, 0.2) is 41.3 Å². The second-order valence-corrected chi connectivity index (χ2v) is 6.13. The summed E-state index contributed by atoms with van der Waals surface area (Å²) < 4.78 is 0.275. The third-order valence-corrected chi connectivity index (χ3v) is 4.18. The molecule has 4 nitrogen and oxygen atoms in total. The van der Waals surface area contributed by atoms with Gasteiger partial charge in [-0.05, 0) is 18.6 Å². The number of aliphatic carboxylic acids is 1. The molecule has 0 saturated carbocycles. The molecule has 2 rings (SSSR count). The summed E-state index contributed by atoms with van der Waals surface area (Å²) in [4.78, 5) is 24.2. The number of thioether (sulfide) groups is 1. The molecule has 1 N–H and O–H groups in total. The van der Waals surface area contributed by atoms with E-state index in [0.717, 1.165) is 22.2 Å². The number of nitrogens with zero attached hydrogens (tertiary/aromatic N) is 1. The maximum absolute atomic E-state index is 12.0. The highest BCUT2D eigenvalue weighted by atomic mass is 32.2. The summed E-state index contributed by atoms with van der Waals surface area (Å²) in [5.41, 5.74) is 2.21. The third-order valence-electron chi connectivity index (χ3n) is 2.78. The first-order valence-corrected chi connectivity index (χ1v) is 7.40. The van der Waals surface area contributed by atoms with Crippen LogP contribution in [0.3, 0.4) is 0 Å². The molecule has 1 aromatic rings. The lowest BCUT2D eigenvalue weighted by atomic mass is 10.1. The average Bonchev–Trinajstić information content (AvgIpc) is 2.68. The van der Waals surface area contributed by atoms with Gasteiger partial charge in [0.05, 0.1) is 4.91 Å². The highest BCUT2D eigenvalue weighted by Gasteiger charge is 2.32. The number of carboxylic acid groups (broad SMARTS) is 1. The molecule has 0 radical (unpaired) electrons. The molecule has 1 saturated heterocycles. The smallest absolute Gasteiger partial charge is 0.323 e. The molecule has 108 valence electrons. The van der Waals surface area contributed by atoms with Crippen molar-refractivity contribution in [3.8, 4) is 0 Å². The number of aryl methyl sites for hydroxylation is 1. The molecule has 1 amide bonds. The van der Waals surface area contributed by atoms with Gasteiger partial charge in [0.15, 0.2) is 0 Å². The van der Waals surface area contributed by atoms with Gasteiger partial charge in [-0.2, -0.15) is 0 Å². The lowest BCUT2D eigenvalue weighted by Gasteiger charge is -2.09. The second-order valence-electron chi connectivity index (χ2n) is 4.45. The van der Waals surface area contributed by atoms with E-state index in [1.54, 1.807) is 12.2 Å². The first-order valence-electron chi connectivity index (χ1n) is 6.18. The number of amides is 1. The Bertz CT molecular complexity index is 647. The summed E-state index contributed by atoms with van der Waals surface area (Å²) in [6.07, 6.45) is 5.29. The van der Waals surface area contributed by atoms with Gasteiger partial charge < -0.3 is 5.11 Å². The molecule has 0 aliphatic carbocycles. The maximum Gasteiger partial charge on any atom is 0.323 e. The topological polar surface area (TPSA) is 57.6 Å². The van der Waals surface area contributed by atoms with Gasteiger partial charge in [-0.1, -0.05) is 66.0 Å². The highest BCUT2D eigenvalue weighted by molar-refractivity contribution is 8.26. The van der Waals surface area contributed by atoms with E-state index >= 15 is 0 Å². The number of allylic oxidation sites excluding steroid dienone is 2. The number of carboxylic acids is 1. The lowest BCUT2D eigenvalue weighted by Crippen LogP contribution is -2.33. The van der Waals surface area contributed by atoms with Crippen molar-refractivity contribution in [2.45, 2.75) is 6.92 Å². The van der Waals surface area contributed by atoms with Crippen molar-refractivity contribution < 1.29 is 14.7 Å². The van der Waals surface area contributed by atoms with Crippen molar-refractivity contribution in [3.05, 3.63) is 52.4 Å². The molecule has 21 heavy (non-hydrogen) atoms. The van der Waals surface area contributed by atoms with Crippen LogP contribution in [-0.4, -0.2) is 32.7 Å². The summed E-state index contributed by atoms with van der Waals surface area (Å²) in [5.74, 6) is -1.44. The van der Waals surface area contributed by atoms with Crippen molar-refractivity contribution in [3.63, 3.8) is 0 Å². The fourth-order valence-corrected chi connectivity index (χ4v) is 2.92. The van der Waals surface area contributed by atoms with Crippen LogP contribution in [0.2, 0.25) is 0 Å². The number of carbonyl (C=O) groups is 2. The van der Waals surface area contributed by atoms with E-state index in [9.17, 15) is 9.59 Å². The second kappa shape index (κ2) is 6.69. The van der Waals surface area contributed by atoms with Gasteiger partial charge in [0.25, 0.3) is 5.91 Å². The Labute approximate surface area is 132 Å². The molecule has 0 aromatic heterocycles. The number of carbonyl (C=O) groups excluding carboxylic acids is 1. The molecule has 1 aromatic carbocycles. The maximum atomic E-state index is 12.0. The van der Waals surface area contributed by atoms with Crippen molar-refractivity contribution in [1.82, 2.24) is 4.90 Å². The molecule has 1 aliphatic heterocycles. The van der Waals surface area contributed by atoms with Crippen molar-refractivity contribution in [2.24, 2.45) is 0 Å². The predicted molar refractivity (Wildman–Crippen MR) is 87.8 cm³/mol. The fraction of sp³-hybridized carbons (Fsp3) is 0.133. The van der Waals surface area contributed by atoms with E-state index in [-0.39, 0.29) is 10.2 Å². The molecule has 1 fully saturated rings. The average molecular weight is 319 g/mol. The van der Waals surface area contributed by atoms with Crippen molar-refractivity contribution >= 4 is 46.3 Å². The first kappa shape index (κ1) is 15.5. The summed E-state index contributed by atoms with van der Waals surface area (Å²) in [6.45, 7) is 1.62. The summed E-state index contributed by atoms with van der Waals surface area (Å²) in [6, 6.07) is 7.97. The highest BCUT2D eigenvalue weighted by Crippen LogP contribution is 2.30. The van der Waals surface area contributed by atoms with Crippen LogP contribution in [-0.2, 0) is 9.59 Å². The van der Waals surface area contributed by atoms with Crippen molar-refractivity contribution in [2.75, 3.05) is 6.54 Å². The quantitative estimate of drug-likeness (QED) is 0.683. The predicted octanol–water partition coefficient (Wildman–Crippen LogP) is 2.84. The monoisotopic (exact) mass is 319 g/mol. The number of thiocarbonyl (C=S) groups is 1. The third kappa shape index (κ3) is 4.03. The van der Waals surface area contributed by atoms with Crippen LogP contribution in [0.5, 0.6) is 0 Å². The van der Waals surface area contributed by atoms with Crippen LogP contribution in [0.25, 0.3) is 6.08 Å². The number of rotatable bonds is 4. The molecule has 1 aliphatic rings. The molecule has 1 heterocycles. The minimum absolute atomic E-state index is 0.275. The van der Waals surface area contributed by atoms with Gasteiger partial charge in [0.2, 0.25) is 0 Å². The summed E-state index contributed by atoms with van der Waals surface area (Å²) in [5, 5.41) is 8.75. The Balaban J connectivity index is 2.08. The van der Waals surface area contributed by atoms with Gasteiger partial charge in [-0.3, -0.25) is 14.5 Å². The molecule has 0 atom stereocenters. The fourth-order valence-electron chi connectivity index (χ4n) is 1.71. The summed E-state index contributed by atoms with van der Waals surface area (Å²) >= 11 is 6.13. The van der Waals surface area contributed by atoms with Gasteiger partial charge in [-0.15, -0.1) is 0 Å². The van der Waals surface area contributed by atoms with E-state index < -0.39 is 12.5 Å². The Hall–Kier alpha value is -1.92. The van der Waals surface area contributed by atoms with E-state index in [1.807, 2.05) is 37.3 Å². The first-order chi connectivity index (χ1) is 9.97. The van der Waals surface area contributed by atoms with Gasteiger partial charge in [0.1, 0.15) is 10.9 Å². The zero-order valence-corrected chi connectivity index (χ0v) is 12.9. The molecular formula is C15H13NO3S2. The zero-order valence-electron chi connectivity index (χ0n) is 11.3. The minimum Gasteiger partial charge on any atom is -0.480 e. The molecule has 0 spiro atoms. The van der Waals surface area contributed by atoms with Crippen LogP contribution >= 0.6 is 24.0 Å².